The van der Waals surface area contributed by atoms with Gasteiger partial charge in [-0.3, -0.25) is 10.2 Å². The Kier molecular flexibility index (Phi) is 4.31. The predicted molar refractivity (Wildman–Crippen MR) is 84.7 cm³/mol. The van der Waals surface area contributed by atoms with Gasteiger partial charge in [-0.15, -0.1) is 11.3 Å². The van der Waals surface area contributed by atoms with Crippen molar-refractivity contribution in [3.05, 3.63) is 15.5 Å². The number of rotatable bonds is 4. The van der Waals surface area contributed by atoms with Gasteiger partial charge in [0.15, 0.2) is 5.82 Å². The molecule has 0 radical (unpaired) electrons. The van der Waals surface area contributed by atoms with Crippen molar-refractivity contribution < 1.29 is 0 Å². The van der Waals surface area contributed by atoms with Crippen molar-refractivity contribution in [1.82, 2.24) is 20.2 Å². The van der Waals surface area contributed by atoms with E-state index in [4.69, 9.17) is 17.2 Å². The minimum Gasteiger partial charge on any atom is -0.281 e. The van der Waals surface area contributed by atoms with E-state index in [0.29, 0.717) is 10.7 Å². The van der Waals surface area contributed by atoms with Crippen LogP contribution in [0.4, 0.5) is 0 Å². The molecule has 0 amide bonds. The Morgan fingerprint density at radius 1 is 1.20 bits per heavy atom. The average molecular weight is 308 g/mol. The maximum absolute atomic E-state index is 5.06. The summed E-state index contributed by atoms with van der Waals surface area (Å²) in [6, 6.07) is 0. The molecule has 1 fully saturated rings. The zero-order chi connectivity index (χ0) is 13.9. The van der Waals surface area contributed by atoms with Crippen LogP contribution in [0.25, 0.3) is 10.7 Å². The SMILES string of the molecule is CCCc1nc(C2CCCCC2)sc1-c1nc(=S)[nH][nH]1. The molecule has 2 heterocycles. The Labute approximate surface area is 128 Å². The quantitative estimate of drug-likeness (QED) is 0.812. The summed E-state index contributed by atoms with van der Waals surface area (Å²) < 4.78 is 0.509. The molecule has 0 aromatic carbocycles. The lowest BCUT2D eigenvalue weighted by molar-refractivity contribution is 0.442. The summed E-state index contributed by atoms with van der Waals surface area (Å²) in [6.07, 6.45) is 8.74. The van der Waals surface area contributed by atoms with Crippen LogP contribution in [0.2, 0.25) is 0 Å². The highest BCUT2D eigenvalue weighted by Crippen LogP contribution is 2.38. The molecule has 0 saturated heterocycles. The minimum absolute atomic E-state index is 0.509. The molecule has 1 saturated carbocycles. The van der Waals surface area contributed by atoms with E-state index in [0.717, 1.165) is 18.7 Å². The number of aromatic nitrogens is 4. The first-order chi connectivity index (χ1) is 9.78. The molecule has 2 N–H and O–H groups in total. The van der Waals surface area contributed by atoms with Gasteiger partial charge < -0.3 is 0 Å². The van der Waals surface area contributed by atoms with Crippen LogP contribution in [-0.4, -0.2) is 20.2 Å². The lowest BCUT2D eigenvalue weighted by Crippen LogP contribution is -2.04. The molecule has 6 heteroatoms. The molecular weight excluding hydrogens is 288 g/mol. The Morgan fingerprint density at radius 3 is 2.65 bits per heavy atom. The summed E-state index contributed by atoms with van der Waals surface area (Å²) in [6.45, 7) is 2.19. The fraction of sp³-hybridized carbons (Fsp3) is 0.643. The standard InChI is InChI=1S/C14H20N4S2/c1-2-6-10-11(12-16-14(19)18-17-12)20-13(15-10)9-7-4-3-5-8-9/h9H,2-8H2,1H3,(H2,16,17,18,19). The van der Waals surface area contributed by atoms with Crippen LogP contribution >= 0.6 is 23.6 Å². The van der Waals surface area contributed by atoms with Crippen LogP contribution in [0.5, 0.6) is 0 Å². The van der Waals surface area contributed by atoms with Crippen LogP contribution in [0.15, 0.2) is 0 Å². The highest BCUT2D eigenvalue weighted by molar-refractivity contribution is 7.71. The van der Waals surface area contributed by atoms with Crippen LogP contribution in [0, 0.1) is 4.77 Å². The van der Waals surface area contributed by atoms with Gasteiger partial charge in [0, 0.05) is 5.92 Å². The van der Waals surface area contributed by atoms with Crippen molar-refractivity contribution in [2.24, 2.45) is 0 Å². The monoisotopic (exact) mass is 308 g/mol. The van der Waals surface area contributed by atoms with Gasteiger partial charge in [-0.2, -0.15) is 4.98 Å². The maximum atomic E-state index is 5.06. The zero-order valence-corrected chi connectivity index (χ0v) is 13.4. The number of thiazole rings is 1. The van der Waals surface area contributed by atoms with Gasteiger partial charge >= 0.3 is 0 Å². The van der Waals surface area contributed by atoms with Crippen LogP contribution < -0.4 is 0 Å². The molecule has 0 atom stereocenters. The van der Waals surface area contributed by atoms with E-state index in [1.165, 1.54) is 47.7 Å². The number of nitrogens with zero attached hydrogens (tertiary/aromatic N) is 2. The third-order valence-electron chi connectivity index (χ3n) is 3.87. The summed E-state index contributed by atoms with van der Waals surface area (Å²) in [5.74, 6) is 1.50. The number of nitrogens with one attached hydrogen (secondary N) is 2. The number of aryl methyl sites for hydroxylation is 1. The second-order valence-electron chi connectivity index (χ2n) is 5.43. The van der Waals surface area contributed by atoms with E-state index < -0.39 is 0 Å². The first kappa shape index (κ1) is 13.9. The molecule has 0 unspecified atom stereocenters. The van der Waals surface area contributed by atoms with Crippen molar-refractivity contribution in [3.63, 3.8) is 0 Å². The topological polar surface area (TPSA) is 57.4 Å². The highest BCUT2D eigenvalue weighted by Gasteiger charge is 2.22. The van der Waals surface area contributed by atoms with Crippen molar-refractivity contribution in [1.29, 1.82) is 0 Å². The molecular formula is C14H20N4S2. The number of H-pyrrole nitrogens is 2. The normalized spacial score (nSPS) is 16.6. The highest BCUT2D eigenvalue weighted by atomic mass is 32.1. The number of hydrogen-bond donors (Lipinski definition) is 2. The molecule has 0 aliphatic heterocycles. The molecule has 0 bridgehead atoms. The molecule has 2 aromatic rings. The second kappa shape index (κ2) is 6.18. The van der Waals surface area contributed by atoms with Gasteiger partial charge in [0.2, 0.25) is 4.77 Å². The first-order valence-corrected chi connectivity index (χ1v) is 8.65. The van der Waals surface area contributed by atoms with Crippen LogP contribution in [0.3, 0.4) is 0 Å². The summed E-state index contributed by atoms with van der Waals surface area (Å²) >= 11 is 6.86. The van der Waals surface area contributed by atoms with Crippen molar-refractivity contribution in [2.75, 3.05) is 0 Å². The van der Waals surface area contributed by atoms with Gasteiger partial charge in [0.25, 0.3) is 0 Å². The van der Waals surface area contributed by atoms with Crippen molar-refractivity contribution >= 4 is 23.6 Å². The Morgan fingerprint density at radius 2 is 2.00 bits per heavy atom. The molecule has 3 rings (SSSR count). The van der Waals surface area contributed by atoms with Gasteiger partial charge in [0.05, 0.1) is 15.6 Å². The lowest BCUT2D eigenvalue weighted by Gasteiger charge is -2.18. The number of hydrogen-bond acceptors (Lipinski definition) is 4. The molecule has 2 aromatic heterocycles. The van der Waals surface area contributed by atoms with Crippen molar-refractivity contribution in [3.8, 4) is 10.7 Å². The van der Waals surface area contributed by atoms with Gasteiger partial charge in [-0.25, -0.2) is 4.98 Å². The van der Waals surface area contributed by atoms with E-state index in [-0.39, 0.29) is 0 Å². The molecule has 1 aliphatic rings. The van der Waals surface area contributed by atoms with E-state index in [1.807, 2.05) is 0 Å². The van der Waals surface area contributed by atoms with E-state index >= 15 is 0 Å². The first-order valence-electron chi connectivity index (χ1n) is 7.42. The summed E-state index contributed by atoms with van der Waals surface area (Å²) in [5, 5.41) is 7.25. The third kappa shape index (κ3) is 2.86. The summed E-state index contributed by atoms with van der Waals surface area (Å²) in [5.41, 5.74) is 1.18. The van der Waals surface area contributed by atoms with Gasteiger partial charge in [-0.1, -0.05) is 32.6 Å². The fourth-order valence-corrected chi connectivity index (χ4v) is 4.23. The predicted octanol–water partition coefficient (Wildman–Crippen LogP) is 4.59. The third-order valence-corrected chi connectivity index (χ3v) is 5.33. The Bertz CT molecular complexity index is 619. The zero-order valence-electron chi connectivity index (χ0n) is 11.7. The second-order valence-corrected chi connectivity index (χ2v) is 6.85. The Balaban J connectivity index is 1.95. The summed E-state index contributed by atoms with van der Waals surface area (Å²) in [4.78, 5) is 10.4. The Hall–Kier alpha value is -1.01. The molecule has 0 spiro atoms. The van der Waals surface area contributed by atoms with E-state index in [2.05, 4.69) is 22.1 Å². The molecule has 108 valence electrons. The lowest BCUT2D eigenvalue weighted by atomic mass is 9.90. The molecule has 4 nitrogen and oxygen atoms in total. The minimum atomic E-state index is 0.509. The average Bonchev–Trinajstić information content (AvgIpc) is 3.07. The summed E-state index contributed by atoms with van der Waals surface area (Å²) in [7, 11) is 0. The largest absolute Gasteiger partial charge is 0.281 e. The van der Waals surface area contributed by atoms with Crippen molar-refractivity contribution in [2.45, 2.75) is 57.8 Å². The smallest absolute Gasteiger partial charge is 0.213 e. The van der Waals surface area contributed by atoms with Crippen LogP contribution in [-0.2, 0) is 6.42 Å². The number of aromatic amines is 2. The van der Waals surface area contributed by atoms with E-state index in [1.54, 1.807) is 11.3 Å². The molecule has 20 heavy (non-hydrogen) atoms. The van der Waals surface area contributed by atoms with Crippen LogP contribution in [0.1, 0.15) is 62.1 Å². The van der Waals surface area contributed by atoms with E-state index in [9.17, 15) is 0 Å². The maximum Gasteiger partial charge on any atom is 0.213 e. The van der Waals surface area contributed by atoms with Gasteiger partial charge in [0.1, 0.15) is 0 Å². The molecule has 1 aliphatic carbocycles. The van der Waals surface area contributed by atoms with Gasteiger partial charge in [-0.05, 0) is 31.5 Å². The fourth-order valence-electron chi connectivity index (χ4n) is 2.86.